The van der Waals surface area contributed by atoms with Gasteiger partial charge in [-0.05, 0) is 12.1 Å². The highest BCUT2D eigenvalue weighted by atomic mass is 16.2. The van der Waals surface area contributed by atoms with Gasteiger partial charge in [0.05, 0.1) is 5.69 Å². The molecule has 0 saturated carbocycles. The fourth-order valence-corrected chi connectivity index (χ4v) is 1.58. The largest absolute Gasteiger partial charge is 0.338 e. The molecule has 6 nitrogen and oxygen atoms in total. The molecule has 3 heterocycles. The third kappa shape index (κ3) is 1.80. The molecule has 0 aliphatic rings. The molecule has 3 aromatic heterocycles. The van der Waals surface area contributed by atoms with Crippen LogP contribution in [0.2, 0.25) is 0 Å². The van der Waals surface area contributed by atoms with Crippen LogP contribution in [0.25, 0.3) is 11.4 Å². The van der Waals surface area contributed by atoms with Gasteiger partial charge in [-0.3, -0.25) is 14.1 Å². The van der Waals surface area contributed by atoms with Crippen molar-refractivity contribution in [2.75, 3.05) is 0 Å². The quantitative estimate of drug-likeness (QED) is 0.647. The molecule has 0 N–H and O–H groups in total. The zero-order valence-corrected chi connectivity index (χ0v) is 9.34. The lowest BCUT2D eigenvalue weighted by molar-refractivity contribution is 0.244. The fraction of sp³-hybridized carbons (Fsp3) is 0. The van der Waals surface area contributed by atoms with Crippen molar-refractivity contribution in [1.29, 1.82) is 0 Å². The summed E-state index contributed by atoms with van der Waals surface area (Å²) < 4.78 is 2.77. The van der Waals surface area contributed by atoms with Crippen LogP contribution in [0.3, 0.4) is 0 Å². The van der Waals surface area contributed by atoms with E-state index in [1.165, 1.54) is 21.8 Å². The Kier molecular flexibility index (Phi) is 2.45. The van der Waals surface area contributed by atoms with Crippen LogP contribution in [0.1, 0.15) is 0 Å². The molecular weight excluding hydrogens is 230 g/mol. The van der Waals surface area contributed by atoms with Gasteiger partial charge < -0.3 is 0 Å². The summed E-state index contributed by atoms with van der Waals surface area (Å²) >= 11 is 0. The highest BCUT2D eigenvalue weighted by Crippen LogP contribution is 2.13. The molecule has 0 bridgehead atoms. The van der Waals surface area contributed by atoms with Gasteiger partial charge in [0.1, 0.15) is 18.3 Å². The Morgan fingerprint density at radius 3 is 2.67 bits per heavy atom. The van der Waals surface area contributed by atoms with E-state index in [2.05, 4.69) is 15.0 Å². The third-order valence-electron chi connectivity index (χ3n) is 2.46. The summed E-state index contributed by atoms with van der Waals surface area (Å²) in [4.78, 5) is 24.1. The number of carbonyl (C=O) groups is 1. The van der Waals surface area contributed by atoms with Crippen molar-refractivity contribution in [1.82, 2.24) is 24.1 Å². The van der Waals surface area contributed by atoms with E-state index >= 15 is 0 Å². The minimum Gasteiger partial charge on any atom is -0.257 e. The Morgan fingerprint density at radius 2 is 1.94 bits per heavy atom. The van der Waals surface area contributed by atoms with Gasteiger partial charge in [0, 0.05) is 24.8 Å². The summed E-state index contributed by atoms with van der Waals surface area (Å²) in [6, 6.07) is 5.31. The first kappa shape index (κ1) is 10.4. The molecular formula is C12H9N5O. The molecule has 3 aromatic rings. The normalized spacial score (nSPS) is 10.4. The summed E-state index contributed by atoms with van der Waals surface area (Å²) in [5.41, 5.74) is 1.39. The van der Waals surface area contributed by atoms with Crippen molar-refractivity contribution >= 4 is 6.03 Å². The minimum atomic E-state index is -0.234. The highest BCUT2D eigenvalue weighted by Gasteiger charge is 2.09. The van der Waals surface area contributed by atoms with Gasteiger partial charge in [0.15, 0.2) is 0 Å². The predicted molar refractivity (Wildman–Crippen MR) is 63.9 cm³/mol. The molecule has 0 saturated heterocycles. The van der Waals surface area contributed by atoms with Crippen LogP contribution in [-0.4, -0.2) is 30.1 Å². The van der Waals surface area contributed by atoms with Crippen LogP contribution in [-0.2, 0) is 0 Å². The summed E-state index contributed by atoms with van der Waals surface area (Å²) in [6.07, 6.45) is 9.38. The molecule has 88 valence electrons. The average molecular weight is 239 g/mol. The zero-order valence-electron chi connectivity index (χ0n) is 9.34. The lowest BCUT2D eigenvalue weighted by Gasteiger charge is -1.99. The Hall–Kier alpha value is -2.76. The maximum Gasteiger partial charge on any atom is 0.338 e. The van der Waals surface area contributed by atoms with Gasteiger partial charge in [0.2, 0.25) is 0 Å². The standard InChI is InChI=1S/C12H9N5O/c18-12(16-6-5-13-8-16)17-7-11(15-9-17)10-3-1-2-4-14-10/h1-9H. The molecule has 18 heavy (non-hydrogen) atoms. The van der Waals surface area contributed by atoms with Gasteiger partial charge in [-0.1, -0.05) is 6.07 Å². The van der Waals surface area contributed by atoms with Crippen molar-refractivity contribution in [3.63, 3.8) is 0 Å². The molecule has 0 radical (unpaired) electrons. The molecule has 6 heteroatoms. The van der Waals surface area contributed by atoms with Crippen LogP contribution < -0.4 is 0 Å². The Labute approximate surface area is 103 Å². The predicted octanol–water partition coefficient (Wildman–Crippen LogP) is 1.66. The van der Waals surface area contributed by atoms with E-state index in [1.54, 1.807) is 24.8 Å². The van der Waals surface area contributed by atoms with Crippen LogP contribution in [0.15, 0.2) is 55.6 Å². The van der Waals surface area contributed by atoms with Crippen molar-refractivity contribution in [2.45, 2.75) is 0 Å². The van der Waals surface area contributed by atoms with E-state index < -0.39 is 0 Å². The topological polar surface area (TPSA) is 65.6 Å². The van der Waals surface area contributed by atoms with E-state index in [0.717, 1.165) is 5.69 Å². The SMILES string of the molecule is O=C(n1ccnc1)n1cnc(-c2ccccn2)c1. The highest BCUT2D eigenvalue weighted by molar-refractivity contribution is 5.79. The Bertz CT molecular complexity index is 657. The number of hydrogen-bond acceptors (Lipinski definition) is 4. The van der Waals surface area contributed by atoms with Gasteiger partial charge in [-0.2, -0.15) is 0 Å². The fourth-order valence-electron chi connectivity index (χ4n) is 1.58. The molecule has 0 amide bonds. The number of aromatic nitrogens is 5. The molecule has 0 atom stereocenters. The van der Waals surface area contributed by atoms with Gasteiger partial charge in [0.25, 0.3) is 0 Å². The van der Waals surface area contributed by atoms with Crippen LogP contribution >= 0.6 is 0 Å². The number of hydrogen-bond donors (Lipinski definition) is 0. The second kappa shape index (κ2) is 4.25. The van der Waals surface area contributed by atoms with Crippen molar-refractivity contribution in [3.8, 4) is 11.4 Å². The van der Waals surface area contributed by atoms with Crippen molar-refractivity contribution in [2.24, 2.45) is 0 Å². The van der Waals surface area contributed by atoms with Gasteiger partial charge in [-0.25, -0.2) is 14.8 Å². The third-order valence-corrected chi connectivity index (χ3v) is 2.46. The van der Waals surface area contributed by atoms with E-state index in [1.807, 2.05) is 18.2 Å². The van der Waals surface area contributed by atoms with Gasteiger partial charge >= 0.3 is 6.03 Å². The van der Waals surface area contributed by atoms with E-state index in [9.17, 15) is 4.79 Å². The molecule has 0 aromatic carbocycles. The van der Waals surface area contributed by atoms with E-state index in [4.69, 9.17) is 0 Å². The second-order valence-electron chi connectivity index (χ2n) is 3.63. The first-order valence-corrected chi connectivity index (χ1v) is 5.32. The maximum absolute atomic E-state index is 12.0. The number of imidazole rings is 2. The number of nitrogens with zero attached hydrogens (tertiary/aromatic N) is 5. The van der Waals surface area contributed by atoms with E-state index in [0.29, 0.717) is 5.69 Å². The number of carbonyl (C=O) groups excluding carboxylic acids is 1. The summed E-state index contributed by atoms with van der Waals surface area (Å²) in [7, 11) is 0. The lowest BCUT2D eigenvalue weighted by Crippen LogP contribution is -2.15. The van der Waals surface area contributed by atoms with Crippen LogP contribution in [0.4, 0.5) is 4.79 Å². The zero-order chi connectivity index (χ0) is 12.4. The molecule has 0 unspecified atom stereocenters. The average Bonchev–Trinajstić information content (AvgIpc) is 3.10. The monoisotopic (exact) mass is 239 g/mol. The molecule has 3 rings (SSSR count). The number of pyridine rings is 1. The molecule has 0 fully saturated rings. The summed E-state index contributed by atoms with van der Waals surface area (Å²) in [6.45, 7) is 0. The Morgan fingerprint density at radius 1 is 1.00 bits per heavy atom. The summed E-state index contributed by atoms with van der Waals surface area (Å²) in [5.74, 6) is 0. The first-order chi connectivity index (χ1) is 8.84. The molecule has 0 spiro atoms. The van der Waals surface area contributed by atoms with Crippen LogP contribution in [0, 0.1) is 0 Å². The lowest BCUT2D eigenvalue weighted by atomic mass is 10.3. The maximum atomic E-state index is 12.0. The summed E-state index contributed by atoms with van der Waals surface area (Å²) in [5, 5.41) is 0. The molecule has 0 aliphatic carbocycles. The van der Waals surface area contributed by atoms with E-state index in [-0.39, 0.29) is 6.03 Å². The van der Waals surface area contributed by atoms with Crippen molar-refractivity contribution in [3.05, 3.63) is 55.6 Å². The number of rotatable bonds is 1. The second-order valence-corrected chi connectivity index (χ2v) is 3.63. The smallest absolute Gasteiger partial charge is 0.257 e. The van der Waals surface area contributed by atoms with Crippen LogP contribution in [0.5, 0.6) is 0 Å². The van der Waals surface area contributed by atoms with Gasteiger partial charge in [-0.15, -0.1) is 0 Å². The van der Waals surface area contributed by atoms with Crippen molar-refractivity contribution < 1.29 is 4.79 Å². The Balaban J connectivity index is 1.93. The first-order valence-electron chi connectivity index (χ1n) is 5.32. The minimum absolute atomic E-state index is 0.234. The molecule has 0 aliphatic heterocycles.